The number of benzene rings is 2. The number of furan rings is 1. The monoisotopic (exact) mass is 372 g/mol. The molecule has 0 spiro atoms. The third-order valence-corrected chi connectivity index (χ3v) is 5.48. The van der Waals surface area contributed by atoms with Crippen molar-refractivity contribution in [3.05, 3.63) is 83.6 Å². The summed E-state index contributed by atoms with van der Waals surface area (Å²) in [5.74, 6) is -0.275. The Balaban J connectivity index is 1.52. The standard InChI is InChI=1S/C22H12O4S/c23-21-15-8-4-5-9-17(15)26-22(24)16(21)10-14-11-20-18(25-14)12-19(27-20)13-6-2-1-3-7-13/h1-12H/b16-10-. The molecule has 2 aromatic carbocycles. The van der Waals surface area contributed by atoms with E-state index in [0.717, 1.165) is 20.7 Å². The van der Waals surface area contributed by atoms with Crippen LogP contribution in [-0.2, 0) is 4.79 Å². The number of ether oxygens (including phenoxy) is 1. The van der Waals surface area contributed by atoms with Crippen LogP contribution >= 0.6 is 11.3 Å². The van der Waals surface area contributed by atoms with Gasteiger partial charge in [-0.25, -0.2) is 4.79 Å². The van der Waals surface area contributed by atoms with E-state index in [4.69, 9.17) is 9.15 Å². The van der Waals surface area contributed by atoms with Crippen molar-refractivity contribution in [1.82, 2.24) is 0 Å². The number of rotatable bonds is 2. The van der Waals surface area contributed by atoms with E-state index in [1.54, 1.807) is 35.6 Å². The number of esters is 1. The van der Waals surface area contributed by atoms with Crippen LogP contribution < -0.4 is 4.74 Å². The topological polar surface area (TPSA) is 56.5 Å². The Labute approximate surface area is 158 Å². The normalized spacial score (nSPS) is 15.2. The van der Waals surface area contributed by atoms with E-state index in [0.29, 0.717) is 11.3 Å². The van der Waals surface area contributed by atoms with Gasteiger partial charge in [0.2, 0.25) is 5.78 Å². The summed E-state index contributed by atoms with van der Waals surface area (Å²) in [5.41, 5.74) is 2.20. The van der Waals surface area contributed by atoms with Crippen molar-refractivity contribution in [3.8, 4) is 16.2 Å². The highest BCUT2D eigenvalue weighted by atomic mass is 32.1. The van der Waals surface area contributed by atoms with Crippen molar-refractivity contribution in [2.45, 2.75) is 0 Å². The molecule has 0 amide bonds. The molecule has 0 N–H and O–H groups in total. The maximum absolute atomic E-state index is 12.6. The van der Waals surface area contributed by atoms with Gasteiger partial charge in [0.05, 0.1) is 10.3 Å². The van der Waals surface area contributed by atoms with Crippen molar-refractivity contribution in [3.63, 3.8) is 0 Å². The molecule has 4 aromatic rings. The fourth-order valence-electron chi connectivity index (χ4n) is 3.07. The second-order valence-electron chi connectivity index (χ2n) is 6.13. The summed E-state index contributed by atoms with van der Waals surface area (Å²) in [6.45, 7) is 0. The molecule has 130 valence electrons. The molecule has 0 bridgehead atoms. The van der Waals surface area contributed by atoms with E-state index in [9.17, 15) is 9.59 Å². The summed E-state index contributed by atoms with van der Waals surface area (Å²) < 4.78 is 12.0. The minimum Gasteiger partial charge on any atom is -0.456 e. The van der Waals surface area contributed by atoms with Crippen LogP contribution in [0.25, 0.3) is 26.8 Å². The fourth-order valence-corrected chi connectivity index (χ4v) is 4.11. The second-order valence-corrected chi connectivity index (χ2v) is 7.21. The Morgan fingerprint density at radius 3 is 2.48 bits per heavy atom. The van der Waals surface area contributed by atoms with E-state index in [1.165, 1.54) is 6.08 Å². The molecule has 27 heavy (non-hydrogen) atoms. The molecule has 3 heterocycles. The predicted molar refractivity (Wildman–Crippen MR) is 104 cm³/mol. The first-order valence-electron chi connectivity index (χ1n) is 8.35. The predicted octanol–water partition coefficient (Wildman–Crippen LogP) is 5.35. The molecule has 0 fully saturated rings. The van der Waals surface area contributed by atoms with Crippen molar-refractivity contribution in [1.29, 1.82) is 0 Å². The molecule has 0 saturated carbocycles. The Morgan fingerprint density at radius 2 is 1.67 bits per heavy atom. The molecule has 0 unspecified atom stereocenters. The number of fused-ring (bicyclic) bond motifs is 2. The van der Waals surface area contributed by atoms with Crippen LogP contribution in [0, 0.1) is 0 Å². The van der Waals surface area contributed by atoms with E-state index in [-0.39, 0.29) is 17.1 Å². The molecule has 2 aromatic heterocycles. The molecular weight excluding hydrogens is 360 g/mol. The molecule has 0 atom stereocenters. The number of Topliss-reactive ketones (excluding diaryl/α,β-unsaturated/α-hetero) is 1. The first-order chi connectivity index (χ1) is 13.2. The first kappa shape index (κ1) is 15.8. The third kappa shape index (κ3) is 2.69. The van der Waals surface area contributed by atoms with E-state index in [1.807, 2.05) is 42.5 Å². The largest absolute Gasteiger partial charge is 0.456 e. The van der Waals surface area contributed by atoms with E-state index >= 15 is 0 Å². The lowest BCUT2D eigenvalue weighted by Gasteiger charge is -2.15. The van der Waals surface area contributed by atoms with Crippen molar-refractivity contribution in [2.75, 3.05) is 0 Å². The summed E-state index contributed by atoms with van der Waals surface area (Å²) in [4.78, 5) is 25.9. The van der Waals surface area contributed by atoms with Crippen LogP contribution in [-0.4, -0.2) is 11.8 Å². The Morgan fingerprint density at radius 1 is 0.889 bits per heavy atom. The molecule has 5 heteroatoms. The molecule has 0 saturated heterocycles. The number of hydrogen-bond acceptors (Lipinski definition) is 5. The van der Waals surface area contributed by atoms with Crippen molar-refractivity contribution in [2.24, 2.45) is 0 Å². The van der Waals surface area contributed by atoms with Gasteiger partial charge in [-0.05, 0) is 23.8 Å². The second kappa shape index (κ2) is 6.07. The fraction of sp³-hybridized carbons (Fsp3) is 0. The molecule has 0 radical (unpaired) electrons. The van der Waals surface area contributed by atoms with Gasteiger partial charge in [0, 0.05) is 17.0 Å². The number of ketones is 1. The van der Waals surface area contributed by atoms with E-state index < -0.39 is 5.97 Å². The summed E-state index contributed by atoms with van der Waals surface area (Å²) >= 11 is 1.60. The number of carbonyl (C=O) groups excluding carboxylic acids is 2. The number of para-hydroxylation sites is 1. The molecule has 1 aliphatic rings. The quantitative estimate of drug-likeness (QED) is 0.206. The smallest absolute Gasteiger partial charge is 0.347 e. The minimum absolute atomic E-state index is 0.0293. The van der Waals surface area contributed by atoms with Gasteiger partial charge in [-0.15, -0.1) is 11.3 Å². The minimum atomic E-state index is -0.663. The van der Waals surface area contributed by atoms with E-state index in [2.05, 4.69) is 0 Å². The van der Waals surface area contributed by atoms with Gasteiger partial charge in [-0.3, -0.25) is 4.79 Å². The van der Waals surface area contributed by atoms with Gasteiger partial charge >= 0.3 is 5.97 Å². The molecule has 0 aliphatic carbocycles. The highest BCUT2D eigenvalue weighted by Gasteiger charge is 2.30. The van der Waals surface area contributed by atoms with Crippen LogP contribution in [0.15, 0.2) is 76.7 Å². The zero-order valence-corrected chi connectivity index (χ0v) is 14.8. The summed E-state index contributed by atoms with van der Waals surface area (Å²) in [7, 11) is 0. The lowest BCUT2D eigenvalue weighted by molar-refractivity contribution is -0.130. The Hall–Kier alpha value is -3.44. The number of hydrogen-bond donors (Lipinski definition) is 0. The van der Waals surface area contributed by atoms with Gasteiger partial charge in [-0.1, -0.05) is 42.5 Å². The molecule has 4 nitrogen and oxygen atoms in total. The lowest BCUT2D eigenvalue weighted by atomic mass is 9.99. The van der Waals surface area contributed by atoms with Crippen LogP contribution in [0.4, 0.5) is 0 Å². The highest BCUT2D eigenvalue weighted by molar-refractivity contribution is 7.22. The van der Waals surface area contributed by atoms with Gasteiger partial charge in [0.1, 0.15) is 22.7 Å². The van der Waals surface area contributed by atoms with Gasteiger partial charge in [0.15, 0.2) is 0 Å². The molecule has 1 aliphatic heterocycles. The van der Waals surface area contributed by atoms with Crippen molar-refractivity contribution < 1.29 is 18.7 Å². The summed E-state index contributed by atoms with van der Waals surface area (Å²) in [5, 5.41) is 0. The zero-order valence-electron chi connectivity index (χ0n) is 14.0. The lowest BCUT2D eigenvalue weighted by Crippen LogP contribution is -2.24. The third-order valence-electron chi connectivity index (χ3n) is 4.37. The maximum Gasteiger partial charge on any atom is 0.347 e. The van der Waals surface area contributed by atoms with Gasteiger partial charge in [-0.2, -0.15) is 0 Å². The maximum atomic E-state index is 12.6. The SMILES string of the molecule is O=C1Oc2ccccc2C(=O)/C1=C/c1cc2sc(-c3ccccc3)cc2o1. The average molecular weight is 372 g/mol. The highest BCUT2D eigenvalue weighted by Crippen LogP contribution is 2.36. The Bertz CT molecular complexity index is 1200. The summed E-state index contributed by atoms with van der Waals surface area (Å²) in [6, 6.07) is 20.6. The van der Waals surface area contributed by atoms with Crippen LogP contribution in [0.3, 0.4) is 0 Å². The summed E-state index contributed by atoms with van der Waals surface area (Å²) in [6.07, 6.45) is 1.45. The van der Waals surface area contributed by atoms with Crippen LogP contribution in [0.5, 0.6) is 5.75 Å². The zero-order chi connectivity index (χ0) is 18.4. The van der Waals surface area contributed by atoms with Crippen LogP contribution in [0.1, 0.15) is 16.1 Å². The Kier molecular flexibility index (Phi) is 3.55. The molecule has 5 rings (SSSR count). The van der Waals surface area contributed by atoms with Crippen molar-refractivity contribution >= 4 is 39.4 Å². The first-order valence-corrected chi connectivity index (χ1v) is 9.17. The average Bonchev–Trinajstić information content (AvgIpc) is 3.24. The van der Waals surface area contributed by atoms with Gasteiger partial charge in [0.25, 0.3) is 0 Å². The number of thiophene rings is 1. The number of carbonyl (C=O) groups is 2. The molecular formula is C22H12O4S. The van der Waals surface area contributed by atoms with Crippen LogP contribution in [0.2, 0.25) is 0 Å². The van der Waals surface area contributed by atoms with Gasteiger partial charge < -0.3 is 9.15 Å².